The zero-order valence-electron chi connectivity index (χ0n) is 8.11. The Balaban J connectivity index is 2.20. The van der Waals surface area contributed by atoms with E-state index in [2.05, 4.69) is 0 Å². The molecule has 1 saturated carbocycles. The second kappa shape index (κ2) is 3.67. The van der Waals surface area contributed by atoms with Crippen molar-refractivity contribution in [3.63, 3.8) is 0 Å². The molecule has 1 aliphatic rings. The fourth-order valence-corrected chi connectivity index (χ4v) is 3.18. The molecule has 0 aliphatic heterocycles. The minimum atomic E-state index is -3.88. The van der Waals surface area contributed by atoms with E-state index < -0.39 is 32.6 Å². The van der Waals surface area contributed by atoms with Crippen molar-refractivity contribution < 1.29 is 17.2 Å². The minimum Gasteiger partial charge on any atom is -0.212 e. The molecule has 2 rings (SSSR count). The van der Waals surface area contributed by atoms with Crippen molar-refractivity contribution in [1.82, 2.24) is 0 Å². The molecule has 88 valence electrons. The lowest BCUT2D eigenvalue weighted by molar-refractivity contribution is 0.0968. The van der Waals surface area contributed by atoms with Crippen LogP contribution < -0.4 is 0 Å². The van der Waals surface area contributed by atoms with Gasteiger partial charge in [0.15, 0.2) is 0 Å². The minimum absolute atomic E-state index is 0.456. The summed E-state index contributed by atoms with van der Waals surface area (Å²) in [6, 6.07) is 8.15. The van der Waals surface area contributed by atoms with Crippen LogP contribution in [-0.4, -0.2) is 20.1 Å². The van der Waals surface area contributed by atoms with E-state index in [1.807, 2.05) is 0 Å². The van der Waals surface area contributed by atoms with E-state index in [1.165, 1.54) is 0 Å². The van der Waals surface area contributed by atoms with E-state index in [-0.39, 0.29) is 0 Å². The highest BCUT2D eigenvalue weighted by Crippen LogP contribution is 2.62. The summed E-state index contributed by atoms with van der Waals surface area (Å²) in [5, 5.41) is 0. The third-order valence-corrected chi connectivity index (χ3v) is 3.87. The zero-order chi connectivity index (χ0) is 12.0. The molecule has 1 aromatic rings. The molecule has 2 nitrogen and oxygen atoms in total. The Morgan fingerprint density at radius 1 is 1.25 bits per heavy atom. The number of halogens is 3. The zero-order valence-corrected chi connectivity index (χ0v) is 9.68. The quantitative estimate of drug-likeness (QED) is 0.788. The molecule has 1 aliphatic carbocycles. The summed E-state index contributed by atoms with van der Waals surface area (Å²) in [4.78, 5) is 0. The van der Waals surface area contributed by atoms with Gasteiger partial charge in [0.05, 0.1) is 17.6 Å². The summed E-state index contributed by atoms with van der Waals surface area (Å²) in [7, 11) is 1.11. The Labute approximate surface area is 96.6 Å². The highest BCUT2D eigenvalue weighted by Gasteiger charge is 2.69. The van der Waals surface area contributed by atoms with Gasteiger partial charge >= 0.3 is 0 Å². The molecule has 0 aromatic heterocycles. The van der Waals surface area contributed by atoms with Crippen molar-refractivity contribution in [1.29, 1.82) is 0 Å². The maximum absolute atomic E-state index is 13.4. The summed E-state index contributed by atoms with van der Waals surface area (Å²) in [6.45, 7) is 0. The van der Waals surface area contributed by atoms with Crippen LogP contribution >= 0.6 is 10.7 Å². The molecule has 0 bridgehead atoms. The SMILES string of the molecule is O=S(=O)(Cl)CC1C(c2ccccc2)C1(F)F. The maximum Gasteiger partial charge on any atom is 0.259 e. The number of hydrogen-bond donors (Lipinski definition) is 0. The smallest absolute Gasteiger partial charge is 0.212 e. The first-order valence-corrected chi connectivity index (χ1v) is 7.15. The van der Waals surface area contributed by atoms with Crippen LogP contribution in [0.15, 0.2) is 30.3 Å². The Hall–Kier alpha value is -0.680. The van der Waals surface area contributed by atoms with Crippen LogP contribution in [0.2, 0.25) is 0 Å². The highest BCUT2D eigenvalue weighted by molar-refractivity contribution is 8.13. The molecule has 0 N–H and O–H groups in total. The van der Waals surface area contributed by atoms with E-state index in [4.69, 9.17) is 10.7 Å². The van der Waals surface area contributed by atoms with E-state index in [0.717, 1.165) is 0 Å². The van der Waals surface area contributed by atoms with Crippen LogP contribution in [-0.2, 0) is 9.05 Å². The first-order chi connectivity index (χ1) is 7.32. The highest BCUT2D eigenvalue weighted by atomic mass is 35.7. The molecule has 2 atom stereocenters. The van der Waals surface area contributed by atoms with E-state index in [1.54, 1.807) is 30.3 Å². The van der Waals surface area contributed by atoms with Crippen LogP contribution in [0.1, 0.15) is 11.5 Å². The maximum atomic E-state index is 13.4. The van der Waals surface area contributed by atoms with Gasteiger partial charge in [-0.2, -0.15) is 0 Å². The molecule has 6 heteroatoms. The molecular weight excluding hydrogens is 258 g/mol. The van der Waals surface area contributed by atoms with Gasteiger partial charge in [-0.1, -0.05) is 30.3 Å². The van der Waals surface area contributed by atoms with Gasteiger partial charge in [-0.3, -0.25) is 0 Å². The van der Waals surface area contributed by atoms with Crippen LogP contribution in [0.4, 0.5) is 8.78 Å². The van der Waals surface area contributed by atoms with Gasteiger partial charge in [-0.05, 0) is 5.56 Å². The molecule has 1 aromatic carbocycles. The number of benzene rings is 1. The fourth-order valence-electron chi connectivity index (χ4n) is 1.93. The first-order valence-electron chi connectivity index (χ1n) is 4.67. The lowest BCUT2D eigenvalue weighted by atomic mass is 10.1. The van der Waals surface area contributed by atoms with Crippen molar-refractivity contribution in [2.75, 3.05) is 5.75 Å². The molecule has 0 saturated heterocycles. The molecule has 0 amide bonds. The van der Waals surface area contributed by atoms with Crippen molar-refractivity contribution in [2.24, 2.45) is 5.92 Å². The molecule has 0 spiro atoms. The van der Waals surface area contributed by atoms with Gasteiger partial charge in [0.2, 0.25) is 9.05 Å². The summed E-state index contributed by atoms with van der Waals surface area (Å²) in [5.74, 6) is -5.87. The number of alkyl halides is 2. The Kier molecular flexibility index (Phi) is 2.70. The van der Waals surface area contributed by atoms with Crippen LogP contribution in [0, 0.1) is 5.92 Å². The molecule has 2 unspecified atom stereocenters. The van der Waals surface area contributed by atoms with Gasteiger partial charge in [-0.15, -0.1) is 0 Å². The third kappa shape index (κ3) is 2.20. The average molecular weight is 267 g/mol. The fraction of sp³-hybridized carbons (Fsp3) is 0.400. The summed E-state index contributed by atoms with van der Waals surface area (Å²) >= 11 is 0. The van der Waals surface area contributed by atoms with Crippen LogP contribution in [0.3, 0.4) is 0 Å². The van der Waals surface area contributed by atoms with Crippen LogP contribution in [0.5, 0.6) is 0 Å². The van der Waals surface area contributed by atoms with Gasteiger partial charge in [-0.25, -0.2) is 17.2 Å². The van der Waals surface area contributed by atoms with Crippen molar-refractivity contribution >= 4 is 19.7 Å². The number of hydrogen-bond acceptors (Lipinski definition) is 2. The number of rotatable bonds is 3. The second-order valence-corrected chi connectivity index (χ2v) is 6.70. The second-order valence-electron chi connectivity index (χ2n) is 3.87. The van der Waals surface area contributed by atoms with Gasteiger partial charge in [0.25, 0.3) is 5.92 Å². The van der Waals surface area contributed by atoms with E-state index >= 15 is 0 Å². The van der Waals surface area contributed by atoms with Crippen molar-refractivity contribution in [3.05, 3.63) is 35.9 Å². The Morgan fingerprint density at radius 2 is 1.81 bits per heavy atom. The Morgan fingerprint density at radius 3 is 2.31 bits per heavy atom. The Bertz CT molecular complexity index is 487. The normalized spacial score (nSPS) is 27.7. The lowest BCUT2D eigenvalue weighted by Gasteiger charge is -1.96. The van der Waals surface area contributed by atoms with Gasteiger partial charge < -0.3 is 0 Å². The molecule has 0 radical (unpaired) electrons. The molecule has 0 heterocycles. The van der Waals surface area contributed by atoms with E-state index in [0.29, 0.717) is 5.56 Å². The summed E-state index contributed by atoms with van der Waals surface area (Å²) in [6.07, 6.45) is 0. The topological polar surface area (TPSA) is 34.1 Å². The van der Waals surface area contributed by atoms with Crippen molar-refractivity contribution in [2.45, 2.75) is 11.8 Å². The monoisotopic (exact) mass is 266 g/mol. The predicted octanol–water partition coefficient (Wildman–Crippen LogP) is 2.60. The summed E-state index contributed by atoms with van der Waals surface area (Å²) < 4.78 is 48.3. The largest absolute Gasteiger partial charge is 0.259 e. The van der Waals surface area contributed by atoms with Gasteiger partial charge in [0, 0.05) is 10.7 Å². The van der Waals surface area contributed by atoms with Crippen molar-refractivity contribution in [3.8, 4) is 0 Å². The molecule has 1 fully saturated rings. The predicted molar refractivity (Wildman–Crippen MR) is 57.3 cm³/mol. The average Bonchev–Trinajstić information content (AvgIpc) is 2.66. The van der Waals surface area contributed by atoms with E-state index in [9.17, 15) is 17.2 Å². The molecular formula is C10H9ClF2O2S. The van der Waals surface area contributed by atoms with Gasteiger partial charge in [0.1, 0.15) is 0 Å². The summed E-state index contributed by atoms with van der Waals surface area (Å²) in [5.41, 5.74) is 0.456. The third-order valence-electron chi connectivity index (χ3n) is 2.74. The first kappa shape index (κ1) is 11.8. The van der Waals surface area contributed by atoms with Crippen LogP contribution in [0.25, 0.3) is 0 Å². The standard InChI is InChI=1S/C10H9ClF2O2S/c11-16(14,15)6-8-9(10(8,12)13)7-4-2-1-3-5-7/h1-5,8-9H,6H2. The molecule has 16 heavy (non-hydrogen) atoms. The lowest BCUT2D eigenvalue weighted by Crippen LogP contribution is -2.05.